The van der Waals surface area contributed by atoms with Gasteiger partial charge in [-0.05, 0) is 39.2 Å². The van der Waals surface area contributed by atoms with Crippen LogP contribution in [0.5, 0.6) is 0 Å². The third kappa shape index (κ3) is 3.88. The fraction of sp³-hybridized carbons (Fsp3) is 0.600. The summed E-state index contributed by atoms with van der Waals surface area (Å²) in [6, 6.07) is 0. The molecule has 1 heterocycles. The molecule has 1 aliphatic heterocycles. The maximum atomic E-state index is 4.26. The molecule has 1 heteroatoms. The SMILES string of the molecule is C=C(/C(C=C(C)C)=C/C)N1CCCCCC1. The second-order valence-electron chi connectivity index (χ2n) is 4.81. The molecule has 0 bridgehead atoms. The van der Waals surface area contributed by atoms with Gasteiger partial charge in [-0.25, -0.2) is 0 Å². The van der Waals surface area contributed by atoms with Gasteiger partial charge < -0.3 is 4.90 Å². The summed E-state index contributed by atoms with van der Waals surface area (Å²) in [6.07, 6.45) is 9.76. The van der Waals surface area contributed by atoms with Crippen molar-refractivity contribution in [3.05, 3.63) is 35.6 Å². The molecule has 1 rings (SSSR count). The third-order valence-electron chi connectivity index (χ3n) is 3.08. The van der Waals surface area contributed by atoms with Gasteiger partial charge in [0.1, 0.15) is 0 Å². The Kier molecular flexibility index (Phi) is 5.37. The van der Waals surface area contributed by atoms with Crippen LogP contribution in [0.2, 0.25) is 0 Å². The van der Waals surface area contributed by atoms with Crippen molar-refractivity contribution >= 4 is 0 Å². The van der Waals surface area contributed by atoms with Gasteiger partial charge in [0.05, 0.1) is 0 Å². The number of hydrogen-bond acceptors (Lipinski definition) is 1. The minimum atomic E-state index is 1.17. The van der Waals surface area contributed by atoms with E-state index < -0.39 is 0 Å². The molecule has 1 nitrogen and oxygen atoms in total. The fourth-order valence-corrected chi connectivity index (χ4v) is 2.17. The molecule has 90 valence electrons. The molecule has 0 aromatic carbocycles. The van der Waals surface area contributed by atoms with Crippen molar-refractivity contribution in [1.82, 2.24) is 4.90 Å². The predicted molar refractivity (Wildman–Crippen MR) is 72.4 cm³/mol. The van der Waals surface area contributed by atoms with E-state index in [1.807, 2.05) is 0 Å². The molecular formula is C15H25N. The zero-order valence-corrected chi connectivity index (χ0v) is 11.1. The molecule has 0 aromatic heterocycles. The molecule has 0 saturated carbocycles. The summed E-state index contributed by atoms with van der Waals surface area (Å²) < 4.78 is 0. The maximum Gasteiger partial charge on any atom is 0.0363 e. The number of likely N-dealkylation sites (tertiary alicyclic amines) is 1. The zero-order valence-electron chi connectivity index (χ0n) is 11.1. The van der Waals surface area contributed by atoms with E-state index in [1.165, 1.54) is 55.6 Å². The Morgan fingerprint density at radius 2 is 1.62 bits per heavy atom. The zero-order chi connectivity index (χ0) is 12.0. The third-order valence-corrected chi connectivity index (χ3v) is 3.08. The largest absolute Gasteiger partial charge is 0.372 e. The normalized spacial score (nSPS) is 17.9. The van der Waals surface area contributed by atoms with Gasteiger partial charge in [0.2, 0.25) is 0 Å². The van der Waals surface area contributed by atoms with Crippen LogP contribution >= 0.6 is 0 Å². The molecule has 0 aliphatic carbocycles. The Hall–Kier alpha value is -0.980. The van der Waals surface area contributed by atoms with Gasteiger partial charge in [-0.3, -0.25) is 0 Å². The highest BCUT2D eigenvalue weighted by molar-refractivity contribution is 5.38. The molecule has 0 aromatic rings. The van der Waals surface area contributed by atoms with Gasteiger partial charge in [0, 0.05) is 18.8 Å². The lowest BCUT2D eigenvalue weighted by atomic mass is 10.1. The highest BCUT2D eigenvalue weighted by Crippen LogP contribution is 2.20. The van der Waals surface area contributed by atoms with Crippen LogP contribution in [-0.2, 0) is 0 Å². The molecule has 0 unspecified atom stereocenters. The van der Waals surface area contributed by atoms with Crippen molar-refractivity contribution in [3.63, 3.8) is 0 Å². The van der Waals surface area contributed by atoms with Gasteiger partial charge in [-0.2, -0.15) is 0 Å². The lowest BCUT2D eigenvalue weighted by Gasteiger charge is -2.25. The van der Waals surface area contributed by atoms with Crippen molar-refractivity contribution in [1.29, 1.82) is 0 Å². The van der Waals surface area contributed by atoms with Crippen LogP contribution in [0.4, 0.5) is 0 Å². The van der Waals surface area contributed by atoms with Gasteiger partial charge in [0.15, 0.2) is 0 Å². The Morgan fingerprint density at radius 3 is 2.06 bits per heavy atom. The van der Waals surface area contributed by atoms with E-state index in [0.717, 1.165) is 0 Å². The Morgan fingerprint density at radius 1 is 1.06 bits per heavy atom. The van der Waals surface area contributed by atoms with Gasteiger partial charge in [0.25, 0.3) is 0 Å². The second kappa shape index (κ2) is 6.57. The summed E-state index contributed by atoms with van der Waals surface area (Å²) >= 11 is 0. The fourth-order valence-electron chi connectivity index (χ4n) is 2.17. The van der Waals surface area contributed by atoms with Crippen LogP contribution < -0.4 is 0 Å². The summed E-state index contributed by atoms with van der Waals surface area (Å²) in [5.74, 6) is 0. The van der Waals surface area contributed by atoms with Gasteiger partial charge in [-0.15, -0.1) is 0 Å². The second-order valence-corrected chi connectivity index (χ2v) is 4.81. The van der Waals surface area contributed by atoms with E-state index in [-0.39, 0.29) is 0 Å². The number of allylic oxidation sites excluding steroid dienone is 3. The summed E-state index contributed by atoms with van der Waals surface area (Å²) in [6.45, 7) is 13.0. The highest BCUT2D eigenvalue weighted by atomic mass is 15.1. The maximum absolute atomic E-state index is 4.26. The van der Waals surface area contributed by atoms with Crippen LogP contribution in [0.25, 0.3) is 0 Å². The monoisotopic (exact) mass is 219 g/mol. The summed E-state index contributed by atoms with van der Waals surface area (Å²) in [4.78, 5) is 2.45. The minimum absolute atomic E-state index is 1.17. The number of hydrogen-bond donors (Lipinski definition) is 0. The van der Waals surface area contributed by atoms with E-state index in [4.69, 9.17) is 0 Å². The van der Waals surface area contributed by atoms with Gasteiger partial charge in [-0.1, -0.05) is 37.1 Å². The summed E-state index contributed by atoms with van der Waals surface area (Å²) in [7, 11) is 0. The molecule has 0 radical (unpaired) electrons. The Balaban J connectivity index is 2.70. The van der Waals surface area contributed by atoms with Crippen molar-refractivity contribution in [2.45, 2.75) is 46.5 Å². The van der Waals surface area contributed by atoms with E-state index in [2.05, 4.69) is 44.4 Å². The number of rotatable bonds is 3. The lowest BCUT2D eigenvalue weighted by Crippen LogP contribution is -2.24. The first-order valence-corrected chi connectivity index (χ1v) is 6.40. The van der Waals surface area contributed by atoms with E-state index in [9.17, 15) is 0 Å². The minimum Gasteiger partial charge on any atom is -0.372 e. The van der Waals surface area contributed by atoms with E-state index in [1.54, 1.807) is 0 Å². The summed E-state index contributed by atoms with van der Waals surface area (Å²) in [5.41, 5.74) is 3.82. The van der Waals surface area contributed by atoms with E-state index in [0.29, 0.717) is 0 Å². The Labute approximate surface area is 101 Å². The number of nitrogens with zero attached hydrogens (tertiary/aromatic N) is 1. The molecule has 0 amide bonds. The van der Waals surface area contributed by atoms with Crippen LogP contribution in [0, 0.1) is 0 Å². The van der Waals surface area contributed by atoms with Crippen molar-refractivity contribution in [2.24, 2.45) is 0 Å². The van der Waals surface area contributed by atoms with Gasteiger partial charge >= 0.3 is 0 Å². The smallest absolute Gasteiger partial charge is 0.0363 e. The quantitative estimate of drug-likeness (QED) is 0.640. The molecule has 0 atom stereocenters. The highest BCUT2D eigenvalue weighted by Gasteiger charge is 2.12. The van der Waals surface area contributed by atoms with Crippen molar-refractivity contribution in [2.75, 3.05) is 13.1 Å². The molecule has 16 heavy (non-hydrogen) atoms. The van der Waals surface area contributed by atoms with Crippen molar-refractivity contribution in [3.8, 4) is 0 Å². The van der Waals surface area contributed by atoms with E-state index >= 15 is 0 Å². The molecule has 1 aliphatic rings. The predicted octanol–water partition coefficient (Wildman–Crippen LogP) is 4.29. The molecule has 0 N–H and O–H groups in total. The first-order chi connectivity index (χ1) is 7.65. The van der Waals surface area contributed by atoms with Crippen LogP contribution in [0.1, 0.15) is 46.5 Å². The topological polar surface area (TPSA) is 3.24 Å². The molecule has 1 fully saturated rings. The first kappa shape index (κ1) is 13.1. The van der Waals surface area contributed by atoms with Crippen LogP contribution in [0.15, 0.2) is 35.6 Å². The standard InChI is InChI=1S/C15H25N/c1-5-15(12-13(2)3)14(4)16-10-8-6-7-9-11-16/h5,12H,4,6-11H2,1-3H3/b15-5+. The first-order valence-electron chi connectivity index (χ1n) is 6.40. The lowest BCUT2D eigenvalue weighted by molar-refractivity contribution is 0.367. The molecule has 0 spiro atoms. The van der Waals surface area contributed by atoms with Crippen molar-refractivity contribution < 1.29 is 0 Å². The average Bonchev–Trinajstić information content (AvgIpc) is 2.53. The molecular weight excluding hydrogens is 194 g/mol. The molecule has 1 saturated heterocycles. The summed E-state index contributed by atoms with van der Waals surface area (Å²) in [5, 5.41) is 0. The van der Waals surface area contributed by atoms with Crippen LogP contribution in [-0.4, -0.2) is 18.0 Å². The Bertz CT molecular complexity index is 285. The average molecular weight is 219 g/mol. The van der Waals surface area contributed by atoms with Crippen LogP contribution in [0.3, 0.4) is 0 Å².